The van der Waals surface area contributed by atoms with Crippen molar-refractivity contribution in [3.05, 3.63) is 57.2 Å². The van der Waals surface area contributed by atoms with Gasteiger partial charge in [-0.3, -0.25) is 0 Å². The van der Waals surface area contributed by atoms with Crippen molar-refractivity contribution in [1.82, 2.24) is 0 Å². The van der Waals surface area contributed by atoms with Gasteiger partial charge in [0.2, 0.25) is 0 Å². The Bertz CT molecular complexity index is 687. The molecule has 3 nitrogen and oxygen atoms in total. The molecule has 0 spiro atoms. The van der Waals surface area contributed by atoms with E-state index in [1.165, 1.54) is 10.5 Å². The van der Waals surface area contributed by atoms with E-state index in [1.54, 1.807) is 18.2 Å². The molecule has 1 heterocycles. The van der Waals surface area contributed by atoms with E-state index in [4.69, 9.17) is 9.84 Å². The molecule has 0 saturated heterocycles. The molecule has 3 rings (SSSR count). The van der Waals surface area contributed by atoms with Gasteiger partial charge in [-0.2, -0.15) is 0 Å². The van der Waals surface area contributed by atoms with E-state index in [9.17, 15) is 4.79 Å². The number of thioether (sulfide) groups is 1. The smallest absolute Gasteiger partial charge is 0.335 e. The van der Waals surface area contributed by atoms with Crippen LogP contribution in [0.25, 0.3) is 0 Å². The predicted octanol–water partition coefficient (Wildman–Crippen LogP) is 4.26. The topological polar surface area (TPSA) is 46.5 Å². The van der Waals surface area contributed by atoms with E-state index in [1.807, 2.05) is 23.9 Å². The lowest BCUT2D eigenvalue weighted by molar-refractivity contribution is 0.0696. The Hall–Kier alpha value is -1.21. The van der Waals surface area contributed by atoms with Gasteiger partial charge in [0.15, 0.2) is 0 Å². The Kier molecular flexibility index (Phi) is 4.40. The lowest BCUT2D eigenvalue weighted by atomic mass is 10.0. The molecule has 5 heteroatoms. The molecule has 0 fully saturated rings. The molecule has 0 aliphatic carbocycles. The molecule has 1 unspecified atom stereocenters. The third-order valence-electron chi connectivity index (χ3n) is 3.42. The molecule has 1 aliphatic heterocycles. The van der Waals surface area contributed by atoms with Crippen molar-refractivity contribution in [3.63, 3.8) is 0 Å². The van der Waals surface area contributed by atoms with E-state index < -0.39 is 5.97 Å². The molecule has 0 saturated carbocycles. The normalized spacial score (nSPS) is 16.5. The van der Waals surface area contributed by atoms with Crippen molar-refractivity contribution in [2.45, 2.75) is 10.8 Å². The number of aromatic carboxylic acids is 1. The first-order chi connectivity index (χ1) is 10.1. The van der Waals surface area contributed by atoms with Crippen LogP contribution < -0.4 is 4.74 Å². The van der Waals surface area contributed by atoms with E-state index in [0.717, 1.165) is 9.32 Å². The van der Waals surface area contributed by atoms with E-state index in [2.05, 4.69) is 34.7 Å². The molecule has 0 radical (unpaired) electrons. The summed E-state index contributed by atoms with van der Waals surface area (Å²) in [6.07, 6.45) is 0. The first-order valence-corrected chi connectivity index (χ1v) is 8.59. The Morgan fingerprint density at radius 2 is 2.14 bits per heavy atom. The van der Waals surface area contributed by atoms with Gasteiger partial charge in [0.05, 0.1) is 15.7 Å². The van der Waals surface area contributed by atoms with Crippen LogP contribution in [-0.2, 0) is 0 Å². The van der Waals surface area contributed by atoms with Gasteiger partial charge in [-0.25, -0.2) is 4.79 Å². The van der Waals surface area contributed by atoms with Crippen molar-refractivity contribution in [3.8, 4) is 5.75 Å². The highest BCUT2D eigenvalue weighted by atomic mass is 127. The van der Waals surface area contributed by atoms with Crippen LogP contribution in [0.4, 0.5) is 0 Å². The van der Waals surface area contributed by atoms with Gasteiger partial charge in [0.25, 0.3) is 0 Å². The average Bonchev–Trinajstić information content (AvgIpc) is 2.89. The minimum Gasteiger partial charge on any atom is -0.492 e. The van der Waals surface area contributed by atoms with Crippen molar-refractivity contribution in [2.24, 2.45) is 0 Å². The monoisotopic (exact) mass is 412 g/mol. The standard InChI is InChI=1S/C16H13IO3S/c17-13-6-5-10(16(18)19)7-14(13)20-8-11-9-21-15-4-2-1-3-12(11)15/h1-7,11H,8-9H2,(H,18,19). The molecule has 0 amide bonds. The zero-order valence-corrected chi connectivity index (χ0v) is 14.1. The average molecular weight is 412 g/mol. The van der Waals surface area contributed by atoms with Crippen molar-refractivity contribution >= 4 is 40.3 Å². The lowest BCUT2D eigenvalue weighted by Crippen LogP contribution is -2.11. The zero-order chi connectivity index (χ0) is 14.8. The molecule has 2 aromatic rings. The van der Waals surface area contributed by atoms with Crippen LogP contribution in [0.15, 0.2) is 47.4 Å². The second-order valence-corrected chi connectivity index (χ2v) is 7.03. The summed E-state index contributed by atoms with van der Waals surface area (Å²) in [7, 11) is 0. The quantitative estimate of drug-likeness (QED) is 0.763. The fraction of sp³-hybridized carbons (Fsp3) is 0.188. The molecule has 0 bridgehead atoms. The maximum absolute atomic E-state index is 11.0. The summed E-state index contributed by atoms with van der Waals surface area (Å²) in [6.45, 7) is 0.573. The van der Waals surface area contributed by atoms with Gasteiger partial charge >= 0.3 is 5.97 Å². The fourth-order valence-electron chi connectivity index (χ4n) is 2.30. The first kappa shape index (κ1) is 14.7. The van der Waals surface area contributed by atoms with Crippen LogP contribution in [0.5, 0.6) is 5.75 Å². The largest absolute Gasteiger partial charge is 0.492 e. The number of fused-ring (bicyclic) bond motifs is 1. The van der Waals surface area contributed by atoms with Crippen LogP contribution >= 0.6 is 34.4 Å². The number of halogens is 1. The maximum Gasteiger partial charge on any atom is 0.335 e. The number of benzene rings is 2. The van der Waals surface area contributed by atoms with E-state index in [-0.39, 0.29) is 5.56 Å². The number of hydrogen-bond acceptors (Lipinski definition) is 3. The third-order valence-corrected chi connectivity index (χ3v) is 5.56. The number of hydrogen-bond donors (Lipinski definition) is 1. The van der Waals surface area contributed by atoms with Gasteiger partial charge in [-0.05, 0) is 52.4 Å². The Morgan fingerprint density at radius 1 is 1.33 bits per heavy atom. The van der Waals surface area contributed by atoms with Gasteiger partial charge in [-0.15, -0.1) is 11.8 Å². The highest BCUT2D eigenvalue weighted by Crippen LogP contribution is 2.39. The molecule has 21 heavy (non-hydrogen) atoms. The predicted molar refractivity (Wildman–Crippen MR) is 91.5 cm³/mol. The van der Waals surface area contributed by atoms with E-state index in [0.29, 0.717) is 18.3 Å². The van der Waals surface area contributed by atoms with Gasteiger partial charge in [0.1, 0.15) is 5.75 Å². The van der Waals surface area contributed by atoms with Crippen LogP contribution in [0.3, 0.4) is 0 Å². The molecule has 2 aromatic carbocycles. The molecule has 1 N–H and O–H groups in total. The summed E-state index contributed by atoms with van der Waals surface area (Å²) in [5.74, 6) is 1.08. The van der Waals surface area contributed by atoms with Crippen LogP contribution in [-0.4, -0.2) is 23.4 Å². The van der Waals surface area contributed by atoms with Crippen molar-refractivity contribution < 1.29 is 14.6 Å². The highest BCUT2D eigenvalue weighted by Gasteiger charge is 2.23. The number of rotatable bonds is 4. The molecule has 1 aliphatic rings. The Balaban J connectivity index is 1.74. The molecule has 0 aromatic heterocycles. The number of carboxylic acids is 1. The zero-order valence-electron chi connectivity index (χ0n) is 11.1. The van der Waals surface area contributed by atoms with Gasteiger partial charge in [-0.1, -0.05) is 18.2 Å². The fourth-order valence-corrected chi connectivity index (χ4v) is 4.03. The summed E-state index contributed by atoms with van der Waals surface area (Å²) in [4.78, 5) is 12.3. The minimum absolute atomic E-state index is 0.256. The second kappa shape index (κ2) is 6.27. The summed E-state index contributed by atoms with van der Waals surface area (Å²) in [5, 5.41) is 9.05. The number of carbonyl (C=O) groups is 1. The third kappa shape index (κ3) is 3.18. The van der Waals surface area contributed by atoms with Crippen molar-refractivity contribution in [2.75, 3.05) is 12.4 Å². The first-order valence-electron chi connectivity index (χ1n) is 6.52. The lowest BCUT2D eigenvalue weighted by Gasteiger charge is -2.14. The number of ether oxygens (including phenoxy) is 1. The SMILES string of the molecule is O=C(O)c1ccc(I)c(OCC2CSc3ccccc32)c1. The van der Waals surface area contributed by atoms with Crippen LogP contribution in [0, 0.1) is 3.57 Å². The van der Waals surface area contributed by atoms with Crippen LogP contribution in [0.2, 0.25) is 0 Å². The van der Waals surface area contributed by atoms with E-state index >= 15 is 0 Å². The highest BCUT2D eigenvalue weighted by molar-refractivity contribution is 14.1. The van der Waals surface area contributed by atoms with Gasteiger partial charge < -0.3 is 9.84 Å². The Morgan fingerprint density at radius 3 is 2.95 bits per heavy atom. The summed E-state index contributed by atoms with van der Waals surface area (Å²) < 4.78 is 6.81. The van der Waals surface area contributed by atoms with Crippen molar-refractivity contribution in [1.29, 1.82) is 0 Å². The maximum atomic E-state index is 11.0. The number of carboxylic acid groups (broad SMARTS) is 1. The van der Waals surface area contributed by atoms with Gasteiger partial charge in [0, 0.05) is 16.6 Å². The molecule has 108 valence electrons. The summed E-state index contributed by atoms with van der Waals surface area (Å²) in [6, 6.07) is 13.3. The second-order valence-electron chi connectivity index (χ2n) is 4.81. The molecular formula is C16H13IO3S. The molecule has 1 atom stereocenters. The van der Waals surface area contributed by atoms with Crippen LogP contribution in [0.1, 0.15) is 21.8 Å². The molecular weight excluding hydrogens is 399 g/mol. The minimum atomic E-state index is -0.932. The summed E-state index contributed by atoms with van der Waals surface area (Å²) >= 11 is 4.01. The summed E-state index contributed by atoms with van der Waals surface area (Å²) in [5.41, 5.74) is 1.58. The Labute approximate surface area is 140 Å².